The van der Waals surface area contributed by atoms with Gasteiger partial charge in [-0.15, -0.1) is 0 Å². The van der Waals surface area contributed by atoms with Crippen LogP contribution in [0.3, 0.4) is 0 Å². The molecule has 0 fully saturated rings. The van der Waals surface area contributed by atoms with Crippen molar-refractivity contribution >= 4 is 17.3 Å². The Balaban J connectivity index is 1.75. The van der Waals surface area contributed by atoms with E-state index >= 15 is 0 Å². The van der Waals surface area contributed by atoms with E-state index in [4.69, 9.17) is 9.47 Å². The van der Waals surface area contributed by atoms with Crippen molar-refractivity contribution in [1.82, 2.24) is 10.3 Å². The van der Waals surface area contributed by atoms with Crippen molar-refractivity contribution in [2.45, 2.75) is 19.5 Å². The SMILES string of the molecule is COc1ccc(CNC(=O)c2ccc(NC(C)c3ccccn3)c([N+](=O)[O-])c2)c(OC)c1. The van der Waals surface area contributed by atoms with Crippen LogP contribution in [-0.4, -0.2) is 30.0 Å². The van der Waals surface area contributed by atoms with Crippen LogP contribution in [0.2, 0.25) is 0 Å². The van der Waals surface area contributed by atoms with Crippen LogP contribution >= 0.6 is 0 Å². The molecule has 1 amide bonds. The van der Waals surface area contributed by atoms with Crippen LogP contribution in [0.1, 0.15) is 34.6 Å². The highest BCUT2D eigenvalue weighted by atomic mass is 16.6. The van der Waals surface area contributed by atoms with Crippen molar-refractivity contribution in [1.29, 1.82) is 0 Å². The predicted molar refractivity (Wildman–Crippen MR) is 120 cm³/mol. The highest BCUT2D eigenvalue weighted by Crippen LogP contribution is 2.29. The zero-order valence-electron chi connectivity index (χ0n) is 18.0. The maximum atomic E-state index is 12.6. The van der Waals surface area contributed by atoms with Crippen molar-refractivity contribution in [2.75, 3.05) is 19.5 Å². The number of anilines is 1. The summed E-state index contributed by atoms with van der Waals surface area (Å²) < 4.78 is 10.5. The minimum absolute atomic E-state index is 0.181. The first-order valence-corrected chi connectivity index (χ1v) is 9.88. The van der Waals surface area contributed by atoms with Gasteiger partial charge in [-0.2, -0.15) is 0 Å². The Kier molecular flexibility index (Phi) is 7.22. The number of hydrogen-bond acceptors (Lipinski definition) is 7. The van der Waals surface area contributed by atoms with E-state index in [-0.39, 0.29) is 23.8 Å². The fourth-order valence-electron chi connectivity index (χ4n) is 3.16. The lowest BCUT2D eigenvalue weighted by Gasteiger charge is -2.15. The Morgan fingerprint density at radius 1 is 1.12 bits per heavy atom. The van der Waals surface area contributed by atoms with Gasteiger partial charge in [0.25, 0.3) is 11.6 Å². The standard InChI is InChI=1S/C23H24N4O5/c1-15(19-6-4-5-11-24-19)26-20-10-8-16(12-21(20)27(29)30)23(28)25-14-17-7-9-18(31-2)13-22(17)32-3/h4-13,15,26H,14H2,1-3H3,(H,25,28). The van der Waals surface area contributed by atoms with Crippen molar-refractivity contribution in [2.24, 2.45) is 0 Å². The van der Waals surface area contributed by atoms with E-state index in [0.29, 0.717) is 17.2 Å². The summed E-state index contributed by atoms with van der Waals surface area (Å²) >= 11 is 0. The fourth-order valence-corrected chi connectivity index (χ4v) is 3.16. The number of nitro groups is 1. The Morgan fingerprint density at radius 2 is 1.94 bits per heavy atom. The molecular formula is C23H24N4O5. The molecule has 0 aliphatic carbocycles. The number of carbonyl (C=O) groups excluding carboxylic acids is 1. The normalized spacial score (nSPS) is 11.3. The van der Waals surface area contributed by atoms with Crippen LogP contribution in [0.5, 0.6) is 11.5 Å². The number of amides is 1. The molecule has 9 nitrogen and oxygen atoms in total. The van der Waals surface area contributed by atoms with Gasteiger partial charge in [0.15, 0.2) is 0 Å². The van der Waals surface area contributed by atoms with Gasteiger partial charge in [0.1, 0.15) is 17.2 Å². The maximum Gasteiger partial charge on any atom is 0.293 e. The summed E-state index contributed by atoms with van der Waals surface area (Å²) in [5.41, 5.74) is 1.79. The van der Waals surface area contributed by atoms with Crippen molar-refractivity contribution in [3.63, 3.8) is 0 Å². The molecule has 0 bridgehead atoms. The molecule has 1 aromatic heterocycles. The first kappa shape index (κ1) is 22.5. The number of methoxy groups -OCH3 is 2. The third kappa shape index (κ3) is 5.31. The second-order valence-corrected chi connectivity index (χ2v) is 6.97. The molecular weight excluding hydrogens is 412 g/mol. The van der Waals surface area contributed by atoms with E-state index in [9.17, 15) is 14.9 Å². The largest absolute Gasteiger partial charge is 0.497 e. The molecule has 0 radical (unpaired) electrons. The average molecular weight is 436 g/mol. The topological polar surface area (TPSA) is 116 Å². The first-order chi connectivity index (χ1) is 15.4. The molecule has 3 rings (SSSR count). The smallest absolute Gasteiger partial charge is 0.293 e. The number of pyridine rings is 1. The Morgan fingerprint density at radius 3 is 2.59 bits per heavy atom. The van der Waals surface area contributed by atoms with Gasteiger partial charge < -0.3 is 20.1 Å². The van der Waals surface area contributed by atoms with Crippen LogP contribution in [0, 0.1) is 10.1 Å². The van der Waals surface area contributed by atoms with E-state index in [1.165, 1.54) is 19.2 Å². The van der Waals surface area contributed by atoms with Crippen molar-refractivity contribution in [3.8, 4) is 11.5 Å². The number of ether oxygens (including phenoxy) is 2. The van der Waals surface area contributed by atoms with Gasteiger partial charge in [0.05, 0.1) is 30.9 Å². The van der Waals surface area contributed by atoms with E-state index in [0.717, 1.165) is 11.3 Å². The summed E-state index contributed by atoms with van der Waals surface area (Å²) in [4.78, 5) is 28.0. The Hall–Kier alpha value is -4.14. The third-order valence-electron chi connectivity index (χ3n) is 4.89. The summed E-state index contributed by atoms with van der Waals surface area (Å²) in [6.45, 7) is 2.05. The maximum absolute atomic E-state index is 12.6. The quantitative estimate of drug-likeness (QED) is 0.383. The minimum atomic E-state index is -0.517. The van der Waals surface area contributed by atoms with Gasteiger partial charge in [0, 0.05) is 36.0 Å². The zero-order valence-corrected chi connectivity index (χ0v) is 18.0. The van der Waals surface area contributed by atoms with Crippen LogP contribution in [0.15, 0.2) is 60.8 Å². The number of hydrogen-bond donors (Lipinski definition) is 2. The fraction of sp³-hybridized carbons (Fsp3) is 0.217. The highest BCUT2D eigenvalue weighted by Gasteiger charge is 2.20. The molecule has 0 saturated heterocycles. The second kappa shape index (κ2) is 10.3. The lowest BCUT2D eigenvalue weighted by molar-refractivity contribution is -0.384. The van der Waals surface area contributed by atoms with Crippen LogP contribution in [0.4, 0.5) is 11.4 Å². The number of nitrogens with one attached hydrogen (secondary N) is 2. The van der Waals surface area contributed by atoms with Gasteiger partial charge in [-0.3, -0.25) is 19.9 Å². The predicted octanol–water partition coefficient (Wildman–Crippen LogP) is 4.11. The van der Waals surface area contributed by atoms with Crippen molar-refractivity contribution < 1.29 is 19.2 Å². The van der Waals surface area contributed by atoms with Gasteiger partial charge in [-0.1, -0.05) is 6.07 Å². The Bertz CT molecular complexity index is 1100. The lowest BCUT2D eigenvalue weighted by Crippen LogP contribution is -2.23. The molecule has 0 spiro atoms. The zero-order chi connectivity index (χ0) is 23.1. The number of benzene rings is 2. The number of carbonyl (C=O) groups is 1. The number of nitro benzene ring substituents is 1. The molecule has 2 aromatic carbocycles. The van der Waals surface area contributed by atoms with Gasteiger partial charge in [-0.05, 0) is 43.3 Å². The van der Waals surface area contributed by atoms with Crippen molar-refractivity contribution in [3.05, 3.63) is 87.7 Å². The van der Waals surface area contributed by atoms with Gasteiger partial charge in [0.2, 0.25) is 0 Å². The summed E-state index contributed by atoms with van der Waals surface area (Å²) in [5.74, 6) is 0.768. The Labute approximate surface area is 185 Å². The van der Waals surface area contributed by atoms with Gasteiger partial charge in [-0.25, -0.2) is 0 Å². The minimum Gasteiger partial charge on any atom is -0.497 e. The van der Waals surface area contributed by atoms with E-state index in [2.05, 4.69) is 15.6 Å². The highest BCUT2D eigenvalue weighted by molar-refractivity contribution is 5.95. The number of nitrogens with zero attached hydrogens (tertiary/aromatic N) is 2. The van der Waals surface area contributed by atoms with Crippen LogP contribution < -0.4 is 20.1 Å². The molecule has 2 N–H and O–H groups in total. The van der Waals surface area contributed by atoms with E-state index in [1.807, 2.05) is 19.1 Å². The molecule has 0 saturated carbocycles. The molecule has 1 heterocycles. The molecule has 1 atom stereocenters. The molecule has 32 heavy (non-hydrogen) atoms. The van der Waals surface area contributed by atoms with Gasteiger partial charge >= 0.3 is 0 Å². The molecule has 0 aliphatic rings. The lowest BCUT2D eigenvalue weighted by atomic mass is 10.1. The number of rotatable bonds is 9. The first-order valence-electron chi connectivity index (χ1n) is 9.88. The van der Waals surface area contributed by atoms with E-state index < -0.39 is 10.8 Å². The van der Waals surface area contributed by atoms with Crippen LogP contribution in [0.25, 0.3) is 0 Å². The molecule has 1 unspecified atom stereocenters. The second-order valence-electron chi connectivity index (χ2n) is 6.97. The number of aromatic nitrogens is 1. The molecule has 3 aromatic rings. The molecule has 9 heteroatoms. The van der Waals surface area contributed by atoms with E-state index in [1.54, 1.807) is 43.6 Å². The average Bonchev–Trinajstić information content (AvgIpc) is 2.82. The summed E-state index contributed by atoms with van der Waals surface area (Å²) in [7, 11) is 3.08. The third-order valence-corrected chi connectivity index (χ3v) is 4.89. The summed E-state index contributed by atoms with van der Waals surface area (Å²) in [6.07, 6.45) is 1.66. The molecule has 166 valence electrons. The molecule has 0 aliphatic heterocycles. The van der Waals surface area contributed by atoms with Crippen LogP contribution in [-0.2, 0) is 6.54 Å². The monoisotopic (exact) mass is 436 g/mol. The summed E-state index contributed by atoms with van der Waals surface area (Å²) in [5, 5.41) is 17.5. The summed E-state index contributed by atoms with van der Waals surface area (Å²) in [6, 6.07) is 14.8.